The average Bonchev–Trinajstić information content (AvgIpc) is 3.44. The number of pyridine rings is 1. The normalized spacial score (nSPS) is 11.1. The molecule has 0 aliphatic heterocycles. The van der Waals surface area contributed by atoms with Crippen molar-refractivity contribution in [3.8, 4) is 11.3 Å². The molecule has 3 heterocycles. The Hall–Kier alpha value is -3.94. The van der Waals surface area contributed by atoms with E-state index in [0.717, 1.165) is 5.56 Å². The number of hydrogen-bond acceptors (Lipinski definition) is 7. The Bertz CT molecular complexity index is 1240. The second-order valence-electron chi connectivity index (χ2n) is 7.17. The molecule has 0 aliphatic carbocycles. The van der Waals surface area contributed by atoms with Gasteiger partial charge in [0.15, 0.2) is 5.65 Å². The Balaban J connectivity index is 1.67. The van der Waals surface area contributed by atoms with Gasteiger partial charge in [0.2, 0.25) is 5.76 Å². The van der Waals surface area contributed by atoms with E-state index in [0.29, 0.717) is 28.1 Å². The van der Waals surface area contributed by atoms with E-state index in [1.54, 1.807) is 23.0 Å². The molecule has 0 N–H and O–H groups in total. The summed E-state index contributed by atoms with van der Waals surface area (Å²) < 4.78 is 17.2. The number of fused-ring (bicyclic) bond motifs is 1. The fraction of sp³-hybridized carbons (Fsp3) is 0.217. The fourth-order valence-corrected chi connectivity index (χ4v) is 3.20. The van der Waals surface area contributed by atoms with Gasteiger partial charge in [-0.25, -0.2) is 19.3 Å². The van der Waals surface area contributed by atoms with Crippen molar-refractivity contribution >= 4 is 23.0 Å². The zero-order chi connectivity index (χ0) is 22.0. The first-order valence-corrected chi connectivity index (χ1v) is 9.75. The number of methoxy groups -OCH3 is 1. The maximum Gasteiger partial charge on any atom is 0.373 e. The summed E-state index contributed by atoms with van der Waals surface area (Å²) in [6, 6.07) is 14.4. The number of rotatable bonds is 6. The molecule has 0 spiro atoms. The van der Waals surface area contributed by atoms with E-state index in [9.17, 15) is 9.59 Å². The number of carbonyl (C=O) groups is 2. The zero-order valence-corrected chi connectivity index (χ0v) is 17.4. The maximum absolute atomic E-state index is 13.0. The minimum absolute atomic E-state index is 0.0458. The first-order chi connectivity index (χ1) is 15.0. The number of esters is 2. The third kappa shape index (κ3) is 4.05. The molecule has 0 unspecified atom stereocenters. The first-order valence-electron chi connectivity index (χ1n) is 9.75. The zero-order valence-electron chi connectivity index (χ0n) is 17.4. The Morgan fingerprint density at radius 2 is 1.87 bits per heavy atom. The molecule has 4 aromatic rings. The minimum atomic E-state index is -0.595. The van der Waals surface area contributed by atoms with Crippen LogP contribution in [-0.2, 0) is 16.1 Å². The highest BCUT2D eigenvalue weighted by Crippen LogP contribution is 2.27. The van der Waals surface area contributed by atoms with Crippen molar-refractivity contribution in [2.24, 2.45) is 0 Å². The lowest BCUT2D eigenvalue weighted by molar-refractivity contribution is 0.0440. The van der Waals surface area contributed by atoms with Crippen molar-refractivity contribution in [1.82, 2.24) is 14.8 Å². The molecule has 4 rings (SSSR count). The smallest absolute Gasteiger partial charge is 0.373 e. The predicted octanol–water partition coefficient (Wildman–Crippen LogP) is 4.42. The Morgan fingerprint density at radius 1 is 1.10 bits per heavy atom. The minimum Gasteiger partial charge on any atom is -0.463 e. The van der Waals surface area contributed by atoms with Gasteiger partial charge in [0, 0.05) is 11.6 Å². The van der Waals surface area contributed by atoms with Gasteiger partial charge in [-0.1, -0.05) is 30.3 Å². The number of hydrogen-bond donors (Lipinski definition) is 0. The Labute approximate surface area is 178 Å². The third-order valence-electron chi connectivity index (χ3n) is 4.74. The summed E-state index contributed by atoms with van der Waals surface area (Å²) in [5.74, 6) is -0.754. The summed E-state index contributed by atoms with van der Waals surface area (Å²) in [6.45, 7) is 3.87. The molecule has 0 amide bonds. The monoisotopic (exact) mass is 419 g/mol. The number of carbonyl (C=O) groups excluding carboxylic acids is 2. The Kier molecular flexibility index (Phi) is 5.53. The average molecular weight is 419 g/mol. The molecule has 158 valence electrons. The highest BCUT2D eigenvalue weighted by Gasteiger charge is 2.20. The number of ether oxygens (including phenoxy) is 2. The van der Waals surface area contributed by atoms with Gasteiger partial charge in [-0.05, 0) is 32.0 Å². The van der Waals surface area contributed by atoms with E-state index in [4.69, 9.17) is 14.1 Å². The quantitative estimate of drug-likeness (QED) is 0.427. The third-order valence-corrected chi connectivity index (χ3v) is 4.74. The van der Waals surface area contributed by atoms with Gasteiger partial charge < -0.3 is 13.9 Å². The summed E-state index contributed by atoms with van der Waals surface area (Å²) in [5, 5.41) is 5.00. The van der Waals surface area contributed by atoms with Crippen molar-refractivity contribution in [3.05, 3.63) is 71.8 Å². The second kappa shape index (κ2) is 8.43. The summed E-state index contributed by atoms with van der Waals surface area (Å²) in [5.41, 5.74) is 2.49. The lowest BCUT2D eigenvalue weighted by atomic mass is 10.1. The van der Waals surface area contributed by atoms with Crippen LogP contribution in [0.25, 0.3) is 22.3 Å². The summed E-state index contributed by atoms with van der Waals surface area (Å²) >= 11 is 0. The molecule has 0 radical (unpaired) electrons. The SMILES string of the molecule is COC(=O)c1ccc(COC(=O)c2cc(-c3ccccc3)nc3c2cnn3C(C)C)o1. The predicted molar refractivity (Wildman–Crippen MR) is 113 cm³/mol. The first kappa shape index (κ1) is 20.3. The molecule has 3 aromatic heterocycles. The maximum atomic E-state index is 13.0. The Morgan fingerprint density at radius 3 is 2.58 bits per heavy atom. The van der Waals surface area contributed by atoms with Gasteiger partial charge >= 0.3 is 11.9 Å². The van der Waals surface area contributed by atoms with Crippen molar-refractivity contribution in [2.75, 3.05) is 7.11 Å². The van der Waals surface area contributed by atoms with E-state index in [1.165, 1.54) is 13.2 Å². The fourth-order valence-electron chi connectivity index (χ4n) is 3.20. The highest BCUT2D eigenvalue weighted by molar-refractivity contribution is 6.03. The molecule has 0 saturated heterocycles. The van der Waals surface area contributed by atoms with Crippen LogP contribution >= 0.6 is 0 Å². The van der Waals surface area contributed by atoms with Gasteiger partial charge in [0.05, 0.1) is 30.0 Å². The standard InChI is InChI=1S/C23H21N3O5/c1-14(2)26-21-18(12-24-26)17(11-19(25-21)15-7-5-4-6-8-15)22(27)30-13-16-9-10-20(31-16)23(28)29-3/h4-12,14H,13H2,1-3H3. The molecule has 0 bridgehead atoms. The molecule has 8 nitrogen and oxygen atoms in total. The van der Waals surface area contributed by atoms with Crippen LogP contribution in [0.2, 0.25) is 0 Å². The van der Waals surface area contributed by atoms with Crippen LogP contribution in [0.4, 0.5) is 0 Å². The van der Waals surface area contributed by atoms with E-state index in [2.05, 4.69) is 9.84 Å². The van der Waals surface area contributed by atoms with Crippen molar-refractivity contribution in [3.63, 3.8) is 0 Å². The van der Waals surface area contributed by atoms with Gasteiger partial charge in [-0.2, -0.15) is 5.10 Å². The second-order valence-corrected chi connectivity index (χ2v) is 7.17. The van der Waals surface area contributed by atoms with Gasteiger partial charge in [-0.15, -0.1) is 0 Å². The molecule has 0 saturated carbocycles. The van der Waals surface area contributed by atoms with Crippen molar-refractivity contribution in [1.29, 1.82) is 0 Å². The highest BCUT2D eigenvalue weighted by atomic mass is 16.5. The molecule has 0 aliphatic rings. The summed E-state index contributed by atoms with van der Waals surface area (Å²) in [7, 11) is 1.26. The molecular weight excluding hydrogens is 398 g/mol. The van der Waals surface area contributed by atoms with Gasteiger partial charge in [-0.3, -0.25) is 0 Å². The van der Waals surface area contributed by atoms with E-state index < -0.39 is 11.9 Å². The molecule has 8 heteroatoms. The number of furan rings is 1. The van der Waals surface area contributed by atoms with E-state index >= 15 is 0 Å². The number of aromatic nitrogens is 3. The molecule has 31 heavy (non-hydrogen) atoms. The number of nitrogens with zero attached hydrogens (tertiary/aromatic N) is 3. The van der Waals surface area contributed by atoms with Crippen LogP contribution in [0.15, 0.2) is 59.1 Å². The van der Waals surface area contributed by atoms with Crippen LogP contribution in [0.1, 0.15) is 46.6 Å². The lowest BCUT2D eigenvalue weighted by Crippen LogP contribution is -2.08. The van der Waals surface area contributed by atoms with Crippen LogP contribution in [0.3, 0.4) is 0 Å². The topological polar surface area (TPSA) is 96.5 Å². The van der Waals surface area contributed by atoms with Crippen LogP contribution in [0.5, 0.6) is 0 Å². The van der Waals surface area contributed by atoms with Gasteiger partial charge in [0.25, 0.3) is 0 Å². The largest absolute Gasteiger partial charge is 0.463 e. The lowest BCUT2D eigenvalue weighted by Gasteiger charge is -2.10. The van der Waals surface area contributed by atoms with Crippen molar-refractivity contribution in [2.45, 2.75) is 26.5 Å². The molecule has 0 atom stereocenters. The summed E-state index contributed by atoms with van der Waals surface area (Å²) in [4.78, 5) is 29.2. The van der Waals surface area contributed by atoms with Crippen LogP contribution in [0, 0.1) is 0 Å². The molecular formula is C23H21N3O5. The molecule has 0 fully saturated rings. The van der Waals surface area contributed by atoms with Crippen LogP contribution < -0.4 is 0 Å². The van der Waals surface area contributed by atoms with E-state index in [-0.39, 0.29) is 18.4 Å². The van der Waals surface area contributed by atoms with E-state index in [1.807, 2.05) is 44.2 Å². The van der Waals surface area contributed by atoms with Gasteiger partial charge in [0.1, 0.15) is 12.4 Å². The van der Waals surface area contributed by atoms with Crippen LogP contribution in [-0.4, -0.2) is 33.8 Å². The van der Waals surface area contributed by atoms with Crippen molar-refractivity contribution < 1.29 is 23.5 Å². The number of benzene rings is 1. The molecule has 1 aromatic carbocycles. The summed E-state index contributed by atoms with van der Waals surface area (Å²) in [6.07, 6.45) is 1.62.